The largest absolute Gasteiger partial charge is 0.289 e. The predicted octanol–water partition coefficient (Wildman–Crippen LogP) is 2.76. The van der Waals surface area contributed by atoms with E-state index in [0.29, 0.717) is 15.6 Å². The highest BCUT2D eigenvalue weighted by Gasteiger charge is 2.17. The number of anilines is 1. The Hall–Kier alpha value is -1.89. The molecule has 1 unspecified atom stereocenters. The fourth-order valence-corrected chi connectivity index (χ4v) is 3.37. The second-order valence-corrected chi connectivity index (χ2v) is 6.28. The van der Waals surface area contributed by atoms with Crippen LogP contribution in [0.25, 0.3) is 0 Å². The minimum absolute atomic E-state index is 0.0116. The summed E-state index contributed by atoms with van der Waals surface area (Å²) in [7, 11) is -1.51. The number of nitrogens with one attached hydrogen (secondary N) is 1. The minimum Gasteiger partial charge on any atom is -0.289 e. The van der Waals surface area contributed by atoms with Crippen molar-refractivity contribution in [3.05, 3.63) is 59.6 Å². The van der Waals surface area contributed by atoms with Crippen LogP contribution in [0.1, 0.15) is 6.42 Å². The molecule has 2 aromatic rings. The average molecular weight is 339 g/mol. The number of para-hydroxylation sites is 1. The van der Waals surface area contributed by atoms with Crippen molar-refractivity contribution in [1.29, 1.82) is 0 Å². The molecule has 0 aliphatic heterocycles. The van der Waals surface area contributed by atoms with Crippen LogP contribution in [0.2, 0.25) is 5.02 Å². The second-order valence-electron chi connectivity index (χ2n) is 4.43. The number of hydrogen-bond donors (Lipinski definition) is 2. The summed E-state index contributed by atoms with van der Waals surface area (Å²) in [6, 6.07) is 15.9. The number of hydrogen-bond acceptors (Lipinski definition) is 3. The van der Waals surface area contributed by atoms with Crippen LogP contribution in [0.15, 0.2) is 59.5 Å². The molecule has 7 heteroatoms. The Bertz CT molecular complexity index is 667. The number of carbonyl (C=O) groups is 1. The Morgan fingerprint density at radius 3 is 2.55 bits per heavy atom. The third-order valence-electron chi connectivity index (χ3n) is 2.91. The molecule has 0 saturated heterocycles. The van der Waals surface area contributed by atoms with E-state index in [2.05, 4.69) is 0 Å². The molecule has 0 aliphatic carbocycles. The standard InChI is InChI=1S/C15H15ClN2O3S/c16-12-5-4-8-14(11-12)22(21)18(10-9-15(19)17-20)13-6-2-1-3-7-13/h1-8,11,20H,9-10H2,(H,17,19). The van der Waals surface area contributed by atoms with Crippen molar-refractivity contribution in [1.82, 2.24) is 5.48 Å². The minimum atomic E-state index is -1.51. The summed E-state index contributed by atoms with van der Waals surface area (Å²) in [6.45, 7) is 0.190. The van der Waals surface area contributed by atoms with Crippen LogP contribution in [-0.4, -0.2) is 21.9 Å². The molecule has 0 aliphatic rings. The van der Waals surface area contributed by atoms with Gasteiger partial charge >= 0.3 is 0 Å². The lowest BCUT2D eigenvalue weighted by molar-refractivity contribution is -0.128. The number of hydroxylamine groups is 1. The summed E-state index contributed by atoms with van der Waals surface area (Å²) in [6.07, 6.45) is 0.0116. The monoisotopic (exact) mass is 338 g/mol. The van der Waals surface area contributed by atoms with Gasteiger partial charge in [0.05, 0.1) is 4.90 Å². The van der Waals surface area contributed by atoms with Crippen LogP contribution in [0, 0.1) is 0 Å². The average Bonchev–Trinajstić information content (AvgIpc) is 2.55. The summed E-state index contributed by atoms with van der Waals surface area (Å²) < 4.78 is 14.4. The van der Waals surface area contributed by atoms with Crippen LogP contribution in [0.4, 0.5) is 5.69 Å². The Morgan fingerprint density at radius 1 is 1.18 bits per heavy atom. The van der Waals surface area contributed by atoms with E-state index in [4.69, 9.17) is 16.8 Å². The first-order chi connectivity index (χ1) is 10.6. The lowest BCUT2D eigenvalue weighted by atomic mass is 10.3. The molecule has 1 amide bonds. The molecule has 0 bridgehead atoms. The SMILES string of the molecule is O=C(CCN(c1ccccc1)S(=O)c1cccc(Cl)c1)NO. The molecule has 2 N–H and O–H groups in total. The Labute approximate surface area is 136 Å². The quantitative estimate of drug-likeness (QED) is 0.628. The zero-order valence-corrected chi connectivity index (χ0v) is 13.2. The van der Waals surface area contributed by atoms with Crippen molar-refractivity contribution in [2.45, 2.75) is 11.3 Å². The number of carbonyl (C=O) groups excluding carboxylic acids is 1. The fraction of sp³-hybridized carbons (Fsp3) is 0.133. The molecule has 2 aromatic carbocycles. The van der Waals surface area contributed by atoms with Crippen molar-refractivity contribution < 1.29 is 14.2 Å². The number of halogens is 1. The molecule has 0 radical (unpaired) electrons. The molecule has 116 valence electrons. The molecular formula is C15H15ClN2O3S. The van der Waals surface area contributed by atoms with Gasteiger partial charge in [-0.1, -0.05) is 35.9 Å². The van der Waals surface area contributed by atoms with Gasteiger partial charge in [0.2, 0.25) is 5.91 Å². The van der Waals surface area contributed by atoms with Gasteiger partial charge in [-0.05, 0) is 30.3 Å². The number of nitrogens with zero attached hydrogens (tertiary/aromatic N) is 1. The lowest BCUT2D eigenvalue weighted by Gasteiger charge is -2.23. The molecule has 0 saturated carbocycles. The van der Waals surface area contributed by atoms with Crippen molar-refractivity contribution in [3.63, 3.8) is 0 Å². The zero-order chi connectivity index (χ0) is 15.9. The molecule has 0 spiro atoms. The van der Waals surface area contributed by atoms with Crippen molar-refractivity contribution in [2.75, 3.05) is 10.8 Å². The third-order valence-corrected chi connectivity index (χ3v) is 4.59. The van der Waals surface area contributed by atoms with Gasteiger partial charge in [0, 0.05) is 23.7 Å². The molecule has 0 aromatic heterocycles. The van der Waals surface area contributed by atoms with Crippen molar-refractivity contribution in [2.24, 2.45) is 0 Å². The van der Waals surface area contributed by atoms with Crippen molar-refractivity contribution >= 4 is 34.2 Å². The van der Waals surface area contributed by atoms with Crippen LogP contribution < -0.4 is 9.79 Å². The van der Waals surface area contributed by atoms with Gasteiger partial charge in [0.25, 0.3) is 0 Å². The normalized spacial score (nSPS) is 11.7. The van der Waals surface area contributed by atoms with Gasteiger partial charge in [-0.2, -0.15) is 0 Å². The number of amides is 1. The molecule has 0 fully saturated rings. The molecular weight excluding hydrogens is 324 g/mol. The summed E-state index contributed by atoms with van der Waals surface area (Å²) >= 11 is 5.94. The first-order valence-electron chi connectivity index (χ1n) is 6.55. The summed E-state index contributed by atoms with van der Waals surface area (Å²) in [4.78, 5) is 11.8. The van der Waals surface area contributed by atoms with E-state index in [1.165, 1.54) is 0 Å². The maximum Gasteiger partial charge on any atom is 0.245 e. The molecule has 1 atom stereocenters. The highest BCUT2D eigenvalue weighted by atomic mass is 35.5. The number of rotatable bonds is 6. The van der Waals surface area contributed by atoms with E-state index in [1.807, 2.05) is 18.2 Å². The fourth-order valence-electron chi connectivity index (χ4n) is 1.86. The lowest BCUT2D eigenvalue weighted by Crippen LogP contribution is -2.31. The van der Waals surface area contributed by atoms with E-state index < -0.39 is 16.9 Å². The second kappa shape index (κ2) is 7.93. The Morgan fingerprint density at radius 2 is 1.91 bits per heavy atom. The highest BCUT2D eigenvalue weighted by Crippen LogP contribution is 2.22. The Kier molecular flexibility index (Phi) is 5.94. The summed E-state index contributed by atoms with van der Waals surface area (Å²) in [5.74, 6) is -0.538. The van der Waals surface area contributed by atoms with Crippen molar-refractivity contribution in [3.8, 4) is 0 Å². The van der Waals surface area contributed by atoms with Gasteiger partial charge in [0.1, 0.15) is 0 Å². The topological polar surface area (TPSA) is 69.6 Å². The first-order valence-corrected chi connectivity index (χ1v) is 8.03. The van der Waals surface area contributed by atoms with Crippen LogP contribution in [-0.2, 0) is 15.8 Å². The van der Waals surface area contributed by atoms with Crippen LogP contribution in [0.3, 0.4) is 0 Å². The van der Waals surface area contributed by atoms with Gasteiger partial charge in [-0.15, -0.1) is 0 Å². The van der Waals surface area contributed by atoms with Crippen LogP contribution in [0.5, 0.6) is 0 Å². The van der Waals surface area contributed by atoms with E-state index in [9.17, 15) is 9.00 Å². The summed E-state index contributed by atoms with van der Waals surface area (Å²) in [5.41, 5.74) is 2.29. The van der Waals surface area contributed by atoms with E-state index >= 15 is 0 Å². The third kappa shape index (κ3) is 4.30. The van der Waals surface area contributed by atoms with E-state index in [-0.39, 0.29) is 13.0 Å². The Balaban J connectivity index is 2.27. The van der Waals surface area contributed by atoms with E-state index in [0.717, 1.165) is 0 Å². The molecule has 22 heavy (non-hydrogen) atoms. The van der Waals surface area contributed by atoms with Gasteiger partial charge in [0.15, 0.2) is 11.0 Å². The molecule has 2 rings (SSSR count). The highest BCUT2D eigenvalue weighted by molar-refractivity contribution is 7.86. The zero-order valence-electron chi connectivity index (χ0n) is 11.6. The van der Waals surface area contributed by atoms with E-state index in [1.54, 1.807) is 46.2 Å². The van der Waals surface area contributed by atoms with Crippen LogP contribution >= 0.6 is 11.6 Å². The number of benzene rings is 2. The molecule has 0 heterocycles. The first kappa shape index (κ1) is 16.5. The molecule has 5 nitrogen and oxygen atoms in total. The van der Waals surface area contributed by atoms with Gasteiger partial charge in [-0.3, -0.25) is 14.3 Å². The smallest absolute Gasteiger partial charge is 0.245 e. The maximum atomic E-state index is 12.8. The van der Waals surface area contributed by atoms with Gasteiger partial charge < -0.3 is 0 Å². The van der Waals surface area contributed by atoms with Gasteiger partial charge in [-0.25, -0.2) is 9.69 Å². The summed E-state index contributed by atoms with van der Waals surface area (Å²) in [5, 5.41) is 9.09. The maximum absolute atomic E-state index is 12.8. The predicted molar refractivity (Wildman–Crippen MR) is 86.2 cm³/mol.